The Bertz CT molecular complexity index is 1170. The van der Waals surface area contributed by atoms with Gasteiger partial charge in [0.05, 0.1) is 17.7 Å². The standard InChI is InChI=1S/C25H31ClN4O2/c1-25(2,14-30(3)4)13-27-11-15-6-7-19-16(8-15)9-20(29-19)17-10-21(32-5)23(26)18-12-28-24(31)22(17)18/h6-10,27,29H,11-14H2,1-5H3,(H,28,31). The molecule has 1 aromatic heterocycles. The molecule has 0 fully saturated rings. The van der Waals surface area contributed by atoms with E-state index >= 15 is 0 Å². The number of ether oxygens (including phenoxy) is 1. The molecule has 3 aromatic rings. The van der Waals surface area contributed by atoms with Crippen LogP contribution in [-0.2, 0) is 13.1 Å². The Morgan fingerprint density at radius 3 is 2.72 bits per heavy atom. The second-order valence-corrected chi connectivity index (χ2v) is 9.96. The van der Waals surface area contributed by atoms with E-state index in [9.17, 15) is 4.79 Å². The van der Waals surface area contributed by atoms with Gasteiger partial charge in [-0.05, 0) is 49.3 Å². The van der Waals surface area contributed by atoms with E-state index in [4.69, 9.17) is 16.3 Å². The summed E-state index contributed by atoms with van der Waals surface area (Å²) in [7, 11) is 5.80. The molecule has 0 saturated heterocycles. The maximum absolute atomic E-state index is 12.5. The number of halogens is 1. The molecule has 1 amide bonds. The van der Waals surface area contributed by atoms with Crippen LogP contribution in [0.5, 0.6) is 5.75 Å². The van der Waals surface area contributed by atoms with Crippen molar-refractivity contribution >= 4 is 28.4 Å². The summed E-state index contributed by atoms with van der Waals surface area (Å²) < 4.78 is 5.46. The Morgan fingerprint density at radius 1 is 1.22 bits per heavy atom. The van der Waals surface area contributed by atoms with Gasteiger partial charge in [-0.2, -0.15) is 0 Å². The minimum Gasteiger partial charge on any atom is -0.495 e. The van der Waals surface area contributed by atoms with Gasteiger partial charge in [-0.25, -0.2) is 0 Å². The largest absolute Gasteiger partial charge is 0.495 e. The van der Waals surface area contributed by atoms with Crippen molar-refractivity contribution in [3.05, 3.63) is 52.0 Å². The van der Waals surface area contributed by atoms with E-state index in [0.29, 0.717) is 22.9 Å². The zero-order chi connectivity index (χ0) is 23.0. The lowest BCUT2D eigenvalue weighted by Crippen LogP contribution is -2.37. The first-order chi connectivity index (χ1) is 15.2. The summed E-state index contributed by atoms with van der Waals surface area (Å²) >= 11 is 6.45. The number of aromatic amines is 1. The number of aromatic nitrogens is 1. The van der Waals surface area contributed by atoms with Crippen molar-refractivity contribution in [2.45, 2.75) is 26.9 Å². The number of H-pyrrole nitrogens is 1. The number of hydrogen-bond donors (Lipinski definition) is 3. The molecule has 1 aliphatic heterocycles. The van der Waals surface area contributed by atoms with Crippen molar-refractivity contribution in [1.82, 2.24) is 20.5 Å². The summed E-state index contributed by atoms with van der Waals surface area (Å²) in [6.45, 7) is 7.74. The van der Waals surface area contributed by atoms with E-state index in [-0.39, 0.29) is 11.3 Å². The van der Waals surface area contributed by atoms with Gasteiger partial charge in [0.25, 0.3) is 5.91 Å². The summed E-state index contributed by atoms with van der Waals surface area (Å²) in [5, 5.41) is 8.06. The van der Waals surface area contributed by atoms with E-state index in [2.05, 4.69) is 72.7 Å². The van der Waals surface area contributed by atoms with Crippen LogP contribution >= 0.6 is 11.6 Å². The van der Waals surface area contributed by atoms with Crippen molar-refractivity contribution in [2.24, 2.45) is 5.41 Å². The molecule has 0 bridgehead atoms. The van der Waals surface area contributed by atoms with Gasteiger partial charge in [-0.1, -0.05) is 31.5 Å². The van der Waals surface area contributed by atoms with Crippen LogP contribution in [-0.4, -0.2) is 50.1 Å². The van der Waals surface area contributed by atoms with Crippen molar-refractivity contribution in [3.63, 3.8) is 0 Å². The molecular formula is C25H31ClN4O2. The Balaban J connectivity index is 1.60. The van der Waals surface area contributed by atoms with Crippen LogP contribution in [0, 0.1) is 5.41 Å². The number of rotatable bonds is 8. The number of carbonyl (C=O) groups is 1. The van der Waals surface area contributed by atoms with Crippen LogP contribution in [0.2, 0.25) is 5.02 Å². The van der Waals surface area contributed by atoms with Crippen LogP contribution in [0.25, 0.3) is 22.2 Å². The first kappa shape index (κ1) is 22.6. The van der Waals surface area contributed by atoms with Gasteiger partial charge in [-0.3, -0.25) is 4.79 Å². The third-order valence-corrected chi connectivity index (χ3v) is 6.27. The first-order valence-electron chi connectivity index (χ1n) is 10.8. The Morgan fingerprint density at radius 2 is 2.00 bits per heavy atom. The van der Waals surface area contributed by atoms with E-state index in [1.165, 1.54) is 5.56 Å². The second kappa shape index (κ2) is 8.77. The number of benzene rings is 2. The molecule has 0 aliphatic carbocycles. The van der Waals surface area contributed by atoms with Gasteiger partial charge in [-0.15, -0.1) is 0 Å². The fraction of sp³-hybridized carbons (Fsp3) is 0.400. The lowest BCUT2D eigenvalue weighted by Gasteiger charge is -2.28. The van der Waals surface area contributed by atoms with Crippen molar-refractivity contribution in [1.29, 1.82) is 0 Å². The average molecular weight is 455 g/mol. The molecule has 0 unspecified atom stereocenters. The average Bonchev–Trinajstić information content (AvgIpc) is 3.31. The molecule has 2 heterocycles. The van der Waals surface area contributed by atoms with Crippen molar-refractivity contribution in [3.8, 4) is 17.0 Å². The van der Waals surface area contributed by atoms with Gasteiger partial charge < -0.3 is 25.3 Å². The normalized spacial score (nSPS) is 13.7. The number of nitrogens with one attached hydrogen (secondary N) is 3. The third-order valence-electron chi connectivity index (χ3n) is 5.85. The molecule has 7 heteroatoms. The summed E-state index contributed by atoms with van der Waals surface area (Å²) in [5.74, 6) is 0.462. The molecule has 32 heavy (non-hydrogen) atoms. The molecule has 0 spiro atoms. The minimum atomic E-state index is -0.108. The quantitative estimate of drug-likeness (QED) is 0.471. The molecule has 1 aliphatic rings. The van der Waals surface area contributed by atoms with Crippen LogP contribution in [0.15, 0.2) is 30.3 Å². The van der Waals surface area contributed by atoms with Gasteiger partial charge in [0.15, 0.2) is 0 Å². The zero-order valence-electron chi connectivity index (χ0n) is 19.4. The van der Waals surface area contributed by atoms with E-state index in [1.807, 2.05) is 6.07 Å². The fourth-order valence-corrected chi connectivity index (χ4v) is 4.92. The second-order valence-electron chi connectivity index (χ2n) is 9.59. The summed E-state index contributed by atoms with van der Waals surface area (Å²) in [6, 6.07) is 10.3. The highest BCUT2D eigenvalue weighted by molar-refractivity contribution is 6.34. The summed E-state index contributed by atoms with van der Waals surface area (Å²) in [4.78, 5) is 18.2. The number of hydrogen-bond acceptors (Lipinski definition) is 4. The lowest BCUT2D eigenvalue weighted by molar-refractivity contribution is 0.0966. The van der Waals surface area contributed by atoms with Crippen LogP contribution in [0.1, 0.15) is 35.3 Å². The van der Waals surface area contributed by atoms with Gasteiger partial charge in [0, 0.05) is 53.9 Å². The minimum absolute atomic E-state index is 0.108. The molecule has 0 radical (unpaired) electrons. The monoisotopic (exact) mass is 454 g/mol. The third kappa shape index (κ3) is 4.49. The van der Waals surface area contributed by atoms with Gasteiger partial charge in [0.1, 0.15) is 5.75 Å². The Labute approximate surface area is 194 Å². The summed E-state index contributed by atoms with van der Waals surface area (Å²) in [6.07, 6.45) is 0. The molecule has 2 aromatic carbocycles. The number of carbonyl (C=O) groups excluding carboxylic acids is 1. The molecule has 3 N–H and O–H groups in total. The van der Waals surface area contributed by atoms with Gasteiger partial charge in [0.2, 0.25) is 0 Å². The Kier molecular flexibility index (Phi) is 6.21. The van der Waals surface area contributed by atoms with Crippen molar-refractivity contribution in [2.75, 3.05) is 34.3 Å². The predicted molar refractivity (Wildman–Crippen MR) is 131 cm³/mol. The Hall–Kier alpha value is -2.54. The SMILES string of the molecule is COc1cc(-c2cc3cc(CNCC(C)(C)CN(C)C)ccc3[nH]2)c2c(c1Cl)CNC2=O. The maximum Gasteiger partial charge on any atom is 0.252 e. The van der Waals surface area contributed by atoms with Crippen molar-refractivity contribution < 1.29 is 9.53 Å². The van der Waals surface area contributed by atoms with Crippen LogP contribution in [0.3, 0.4) is 0 Å². The first-order valence-corrected chi connectivity index (χ1v) is 11.2. The van der Waals surface area contributed by atoms with E-state index in [1.54, 1.807) is 7.11 Å². The fourth-order valence-electron chi connectivity index (χ4n) is 4.63. The molecule has 6 nitrogen and oxygen atoms in total. The maximum atomic E-state index is 12.5. The van der Waals surface area contributed by atoms with Gasteiger partial charge >= 0.3 is 0 Å². The number of nitrogens with zero attached hydrogens (tertiary/aromatic N) is 1. The van der Waals surface area contributed by atoms with Crippen LogP contribution in [0.4, 0.5) is 0 Å². The number of amides is 1. The van der Waals surface area contributed by atoms with E-state index < -0.39 is 0 Å². The molecular weight excluding hydrogens is 424 g/mol. The zero-order valence-corrected chi connectivity index (χ0v) is 20.1. The highest BCUT2D eigenvalue weighted by atomic mass is 35.5. The van der Waals surface area contributed by atoms with E-state index in [0.717, 1.165) is 47.4 Å². The van der Waals surface area contributed by atoms with Crippen LogP contribution < -0.4 is 15.4 Å². The highest BCUT2D eigenvalue weighted by Gasteiger charge is 2.28. The molecule has 170 valence electrons. The highest BCUT2D eigenvalue weighted by Crippen LogP contribution is 2.40. The smallest absolute Gasteiger partial charge is 0.252 e. The number of methoxy groups -OCH3 is 1. The lowest BCUT2D eigenvalue weighted by atomic mass is 9.93. The summed E-state index contributed by atoms with van der Waals surface area (Å²) in [5.41, 5.74) is 5.53. The molecule has 0 atom stereocenters. The molecule has 0 saturated carbocycles. The topological polar surface area (TPSA) is 69.4 Å². The predicted octanol–water partition coefficient (Wildman–Crippen LogP) is 4.42. The number of fused-ring (bicyclic) bond motifs is 2. The molecule has 4 rings (SSSR count).